The first-order valence-corrected chi connectivity index (χ1v) is 8.24. The van der Waals surface area contributed by atoms with Crippen LogP contribution in [0.1, 0.15) is 4.88 Å². The summed E-state index contributed by atoms with van der Waals surface area (Å²) in [6.45, 7) is 1.54. The highest BCUT2D eigenvalue weighted by Gasteiger charge is 2.09. The van der Waals surface area contributed by atoms with Gasteiger partial charge in [0.25, 0.3) is 5.56 Å². The highest BCUT2D eigenvalue weighted by atomic mass is 79.9. The number of anilines is 1. The molecular weight excluding hydrogens is 410 g/mol. The number of halogens is 2. The molecule has 0 aliphatic carbocycles. The molecule has 0 unspecified atom stereocenters. The number of ether oxygens (including phenoxy) is 1. The monoisotopic (exact) mass is 421 g/mol. The van der Waals surface area contributed by atoms with Crippen molar-refractivity contribution in [1.82, 2.24) is 9.78 Å². The molecule has 0 aromatic carbocycles. The first-order chi connectivity index (χ1) is 9.61. The van der Waals surface area contributed by atoms with Crippen molar-refractivity contribution in [2.45, 2.75) is 13.1 Å². The Hall–Kier alpha value is -0.700. The van der Waals surface area contributed by atoms with Gasteiger partial charge in [-0.15, -0.1) is 11.3 Å². The second-order valence-corrected chi connectivity index (χ2v) is 7.29. The molecule has 1 N–H and O–H groups in total. The third-order valence-corrected chi connectivity index (χ3v) is 4.96. The predicted octanol–water partition coefficient (Wildman–Crippen LogP) is 3.09. The zero-order chi connectivity index (χ0) is 14.5. The zero-order valence-corrected chi connectivity index (χ0v) is 14.7. The molecule has 2 heterocycles. The van der Waals surface area contributed by atoms with Crippen LogP contribution in [-0.4, -0.2) is 23.5 Å². The fourth-order valence-electron chi connectivity index (χ4n) is 1.55. The Bertz CT molecular complexity index is 642. The minimum absolute atomic E-state index is 0.167. The molecule has 0 saturated carbocycles. The van der Waals surface area contributed by atoms with Gasteiger partial charge >= 0.3 is 0 Å². The van der Waals surface area contributed by atoms with Gasteiger partial charge in [0.1, 0.15) is 4.47 Å². The quantitative estimate of drug-likeness (QED) is 0.777. The van der Waals surface area contributed by atoms with E-state index in [0.29, 0.717) is 29.9 Å². The Labute approximate surface area is 137 Å². The number of nitrogens with zero attached hydrogens (tertiary/aromatic N) is 2. The number of rotatable bonds is 6. The minimum atomic E-state index is -0.167. The van der Waals surface area contributed by atoms with Gasteiger partial charge in [0, 0.05) is 18.5 Å². The molecule has 20 heavy (non-hydrogen) atoms. The van der Waals surface area contributed by atoms with Crippen LogP contribution in [0.15, 0.2) is 31.4 Å². The lowest BCUT2D eigenvalue weighted by Gasteiger charge is -2.09. The average molecular weight is 423 g/mol. The van der Waals surface area contributed by atoms with E-state index in [1.165, 1.54) is 9.56 Å². The molecule has 2 aromatic heterocycles. The van der Waals surface area contributed by atoms with E-state index in [-0.39, 0.29) is 5.56 Å². The molecule has 0 atom stereocenters. The highest BCUT2D eigenvalue weighted by Crippen LogP contribution is 2.24. The molecule has 2 aromatic rings. The van der Waals surface area contributed by atoms with E-state index in [1.54, 1.807) is 24.6 Å². The summed E-state index contributed by atoms with van der Waals surface area (Å²) >= 11 is 8.39. The van der Waals surface area contributed by atoms with Crippen LogP contribution in [0.5, 0.6) is 0 Å². The van der Waals surface area contributed by atoms with Crippen molar-refractivity contribution >= 4 is 48.9 Å². The number of aromatic nitrogens is 2. The van der Waals surface area contributed by atoms with Crippen molar-refractivity contribution in [2.75, 3.05) is 19.0 Å². The summed E-state index contributed by atoms with van der Waals surface area (Å²) in [4.78, 5) is 13.2. The van der Waals surface area contributed by atoms with E-state index in [1.807, 2.05) is 12.1 Å². The normalized spacial score (nSPS) is 10.8. The zero-order valence-electron chi connectivity index (χ0n) is 10.7. The third-order valence-electron chi connectivity index (χ3n) is 2.57. The summed E-state index contributed by atoms with van der Waals surface area (Å²) in [5.74, 6) is 0. The smallest absolute Gasteiger partial charge is 0.283 e. The van der Waals surface area contributed by atoms with Gasteiger partial charge in [0.15, 0.2) is 0 Å². The van der Waals surface area contributed by atoms with E-state index in [9.17, 15) is 4.79 Å². The van der Waals surface area contributed by atoms with E-state index in [0.717, 1.165) is 3.79 Å². The van der Waals surface area contributed by atoms with Crippen LogP contribution >= 0.6 is 43.2 Å². The van der Waals surface area contributed by atoms with Crippen LogP contribution in [0, 0.1) is 0 Å². The number of nitrogens with one attached hydrogen (secondary N) is 1. The SMILES string of the molecule is COCCn1ncc(NCc2ccc(Br)s2)c(Br)c1=O. The summed E-state index contributed by atoms with van der Waals surface area (Å²) in [5.41, 5.74) is 0.521. The summed E-state index contributed by atoms with van der Waals surface area (Å²) in [7, 11) is 1.59. The highest BCUT2D eigenvalue weighted by molar-refractivity contribution is 9.11. The molecule has 2 rings (SSSR count). The standard InChI is InChI=1S/C12H13Br2N3O2S/c1-19-5-4-17-12(18)11(14)9(7-16-17)15-6-8-2-3-10(13)20-8/h2-3,7,15H,4-6H2,1H3. The van der Waals surface area contributed by atoms with Gasteiger partial charge in [-0.2, -0.15) is 5.10 Å². The van der Waals surface area contributed by atoms with E-state index < -0.39 is 0 Å². The van der Waals surface area contributed by atoms with Gasteiger partial charge < -0.3 is 10.1 Å². The van der Waals surface area contributed by atoms with Gasteiger partial charge in [0.05, 0.1) is 28.8 Å². The molecular formula is C12H13Br2N3O2S. The van der Waals surface area contributed by atoms with Crippen molar-refractivity contribution in [3.63, 3.8) is 0 Å². The van der Waals surface area contributed by atoms with E-state index >= 15 is 0 Å². The van der Waals surface area contributed by atoms with Crippen molar-refractivity contribution in [1.29, 1.82) is 0 Å². The van der Waals surface area contributed by atoms with Crippen LogP contribution in [-0.2, 0) is 17.8 Å². The molecule has 0 saturated heterocycles. The minimum Gasteiger partial charge on any atom is -0.383 e. The first-order valence-electron chi connectivity index (χ1n) is 5.84. The van der Waals surface area contributed by atoms with Crippen LogP contribution in [0.3, 0.4) is 0 Å². The van der Waals surface area contributed by atoms with Gasteiger partial charge in [-0.3, -0.25) is 4.79 Å². The van der Waals surface area contributed by atoms with Crippen LogP contribution < -0.4 is 10.9 Å². The lowest BCUT2D eigenvalue weighted by Crippen LogP contribution is -2.26. The summed E-state index contributed by atoms with van der Waals surface area (Å²) in [6, 6.07) is 4.03. The average Bonchev–Trinajstić information content (AvgIpc) is 2.85. The van der Waals surface area contributed by atoms with Crippen molar-refractivity contribution in [2.24, 2.45) is 0 Å². The molecule has 0 amide bonds. The number of hydrogen-bond donors (Lipinski definition) is 1. The maximum atomic E-state index is 12.1. The predicted molar refractivity (Wildman–Crippen MR) is 87.4 cm³/mol. The molecule has 0 aliphatic heterocycles. The largest absolute Gasteiger partial charge is 0.383 e. The first kappa shape index (κ1) is 15.7. The van der Waals surface area contributed by atoms with Crippen LogP contribution in [0.2, 0.25) is 0 Å². The molecule has 0 radical (unpaired) electrons. The van der Waals surface area contributed by atoms with Crippen molar-refractivity contribution in [3.05, 3.63) is 41.8 Å². The van der Waals surface area contributed by atoms with Crippen LogP contribution in [0.25, 0.3) is 0 Å². The maximum Gasteiger partial charge on any atom is 0.283 e. The summed E-state index contributed by atoms with van der Waals surface area (Å²) in [6.07, 6.45) is 1.64. The van der Waals surface area contributed by atoms with Gasteiger partial charge in [-0.05, 0) is 44.0 Å². The van der Waals surface area contributed by atoms with Crippen molar-refractivity contribution in [3.8, 4) is 0 Å². The number of hydrogen-bond acceptors (Lipinski definition) is 5. The van der Waals surface area contributed by atoms with Crippen LogP contribution in [0.4, 0.5) is 5.69 Å². The van der Waals surface area contributed by atoms with E-state index in [2.05, 4.69) is 42.3 Å². The Balaban J connectivity index is 2.09. The summed E-state index contributed by atoms with van der Waals surface area (Å²) in [5, 5.41) is 7.32. The topological polar surface area (TPSA) is 56.1 Å². The number of thiophene rings is 1. The fourth-order valence-corrected chi connectivity index (χ4v) is 3.42. The number of methoxy groups -OCH3 is 1. The Morgan fingerprint density at radius 3 is 2.90 bits per heavy atom. The third kappa shape index (κ3) is 3.91. The maximum absolute atomic E-state index is 12.1. The molecule has 8 heteroatoms. The van der Waals surface area contributed by atoms with Gasteiger partial charge in [0.2, 0.25) is 0 Å². The molecule has 0 bridgehead atoms. The molecule has 0 fully saturated rings. The molecule has 5 nitrogen and oxygen atoms in total. The molecule has 108 valence electrons. The fraction of sp³-hybridized carbons (Fsp3) is 0.333. The van der Waals surface area contributed by atoms with Gasteiger partial charge in [-0.1, -0.05) is 0 Å². The second-order valence-electron chi connectivity index (χ2n) is 3.95. The van der Waals surface area contributed by atoms with Crippen molar-refractivity contribution < 1.29 is 4.74 Å². The lowest BCUT2D eigenvalue weighted by atomic mass is 10.4. The van der Waals surface area contributed by atoms with E-state index in [4.69, 9.17) is 4.74 Å². The Morgan fingerprint density at radius 1 is 1.45 bits per heavy atom. The second kappa shape index (κ2) is 7.35. The molecule has 0 aliphatic rings. The summed E-state index contributed by atoms with van der Waals surface area (Å²) < 4.78 is 7.89. The van der Waals surface area contributed by atoms with Gasteiger partial charge in [-0.25, -0.2) is 4.68 Å². The Morgan fingerprint density at radius 2 is 2.25 bits per heavy atom. The lowest BCUT2D eigenvalue weighted by molar-refractivity contribution is 0.181. The Kier molecular flexibility index (Phi) is 5.76. The molecule has 0 spiro atoms.